The molecular weight excluding hydrogens is 243 g/mol. The first kappa shape index (κ1) is 12.6. The van der Waals surface area contributed by atoms with E-state index in [4.69, 9.17) is 0 Å². The zero-order chi connectivity index (χ0) is 13.1. The van der Waals surface area contributed by atoms with Gasteiger partial charge in [0.05, 0.1) is 0 Å². The second kappa shape index (κ2) is 5.22. The number of benzene rings is 1. The predicted molar refractivity (Wildman–Crippen MR) is 60.1 cm³/mol. The molecule has 3 nitrogen and oxygen atoms in total. The maximum absolute atomic E-state index is 13.4. The highest BCUT2D eigenvalue weighted by Gasteiger charge is 2.15. The van der Waals surface area contributed by atoms with Gasteiger partial charge in [0.25, 0.3) is 0 Å². The van der Waals surface area contributed by atoms with Gasteiger partial charge in [-0.15, -0.1) is 0 Å². The quantitative estimate of drug-likeness (QED) is 0.851. The molecule has 0 fully saturated rings. The van der Waals surface area contributed by atoms with Crippen molar-refractivity contribution in [3.05, 3.63) is 53.1 Å². The van der Waals surface area contributed by atoms with Crippen molar-refractivity contribution in [3.63, 3.8) is 0 Å². The van der Waals surface area contributed by atoms with Gasteiger partial charge in [0.2, 0.25) is 0 Å². The van der Waals surface area contributed by atoms with Gasteiger partial charge in [-0.25, -0.2) is 13.2 Å². The molecule has 96 valence electrons. The second-order valence-corrected chi connectivity index (χ2v) is 4.08. The Bertz CT molecular complexity index is 526. The molecule has 2 aromatic rings. The summed E-state index contributed by atoms with van der Waals surface area (Å²) in [5, 5.41) is 6.51. The van der Waals surface area contributed by atoms with E-state index in [9.17, 15) is 13.2 Å². The van der Waals surface area contributed by atoms with Crippen LogP contribution in [-0.2, 0) is 13.1 Å². The molecule has 18 heavy (non-hydrogen) atoms. The van der Waals surface area contributed by atoms with E-state index in [1.54, 1.807) is 24.2 Å². The molecule has 1 aromatic heterocycles. The van der Waals surface area contributed by atoms with Gasteiger partial charge in [0, 0.05) is 30.5 Å². The fraction of sp³-hybridized carbons (Fsp3) is 0.250. The first-order valence-electron chi connectivity index (χ1n) is 5.37. The Morgan fingerprint density at radius 1 is 1.11 bits per heavy atom. The highest BCUT2D eigenvalue weighted by Crippen LogP contribution is 2.17. The molecule has 0 saturated heterocycles. The van der Waals surface area contributed by atoms with E-state index in [0.29, 0.717) is 6.54 Å². The fourth-order valence-corrected chi connectivity index (χ4v) is 1.70. The third-order valence-corrected chi connectivity index (χ3v) is 2.57. The highest BCUT2D eigenvalue weighted by molar-refractivity contribution is 5.21. The molecule has 0 atom stereocenters. The van der Waals surface area contributed by atoms with Crippen molar-refractivity contribution in [1.29, 1.82) is 0 Å². The van der Waals surface area contributed by atoms with Crippen LogP contribution in [0.15, 0.2) is 24.4 Å². The van der Waals surface area contributed by atoms with Crippen LogP contribution in [-0.4, -0.2) is 22.1 Å². The van der Waals surface area contributed by atoms with Crippen LogP contribution < -0.4 is 0 Å². The lowest BCUT2D eigenvalue weighted by Gasteiger charge is -2.16. The second-order valence-electron chi connectivity index (χ2n) is 4.08. The minimum atomic E-state index is -1.13. The first-order valence-corrected chi connectivity index (χ1v) is 5.37. The molecule has 6 heteroatoms. The number of aromatic amines is 1. The zero-order valence-electron chi connectivity index (χ0n) is 9.75. The SMILES string of the molecule is CN(Cc1ccn[nH]1)Cc1c(F)ccc(F)c1F. The molecule has 0 bridgehead atoms. The molecule has 0 amide bonds. The Morgan fingerprint density at radius 2 is 1.83 bits per heavy atom. The zero-order valence-corrected chi connectivity index (χ0v) is 9.75. The third kappa shape index (κ3) is 2.70. The number of rotatable bonds is 4. The minimum Gasteiger partial charge on any atom is -0.296 e. The number of aromatic nitrogens is 2. The molecule has 0 spiro atoms. The van der Waals surface area contributed by atoms with Gasteiger partial charge < -0.3 is 0 Å². The van der Waals surface area contributed by atoms with Gasteiger partial charge >= 0.3 is 0 Å². The summed E-state index contributed by atoms with van der Waals surface area (Å²) in [4.78, 5) is 1.66. The van der Waals surface area contributed by atoms with Crippen LogP contribution in [0.3, 0.4) is 0 Å². The smallest absolute Gasteiger partial charge is 0.166 e. The Kier molecular flexibility index (Phi) is 3.66. The van der Waals surface area contributed by atoms with Crippen molar-refractivity contribution >= 4 is 0 Å². The van der Waals surface area contributed by atoms with Crippen LogP contribution >= 0.6 is 0 Å². The maximum Gasteiger partial charge on any atom is 0.166 e. The van der Waals surface area contributed by atoms with Crippen LogP contribution in [0.1, 0.15) is 11.3 Å². The van der Waals surface area contributed by atoms with Gasteiger partial charge in [-0.05, 0) is 25.2 Å². The number of hydrogen-bond acceptors (Lipinski definition) is 2. The molecule has 0 unspecified atom stereocenters. The normalized spacial score (nSPS) is 11.2. The number of nitrogens with zero attached hydrogens (tertiary/aromatic N) is 2. The lowest BCUT2D eigenvalue weighted by atomic mass is 10.1. The summed E-state index contributed by atoms with van der Waals surface area (Å²) in [6.45, 7) is 0.420. The molecule has 0 aliphatic rings. The number of H-pyrrole nitrogens is 1. The highest BCUT2D eigenvalue weighted by atomic mass is 19.2. The number of halogens is 3. The molecule has 1 N–H and O–H groups in total. The van der Waals surface area contributed by atoms with Crippen LogP contribution in [0.5, 0.6) is 0 Å². The van der Waals surface area contributed by atoms with E-state index in [2.05, 4.69) is 10.2 Å². The topological polar surface area (TPSA) is 31.9 Å². The standard InChI is InChI=1S/C12H12F3N3/c1-18(6-8-4-5-16-17-8)7-9-10(13)2-3-11(14)12(9)15/h2-5H,6-7H2,1H3,(H,16,17). The van der Waals surface area contributed by atoms with Gasteiger partial charge in [-0.3, -0.25) is 10.00 Å². The Hall–Kier alpha value is -1.82. The molecule has 1 heterocycles. The molecule has 0 saturated carbocycles. The summed E-state index contributed by atoms with van der Waals surface area (Å²) in [5.41, 5.74) is 0.548. The summed E-state index contributed by atoms with van der Waals surface area (Å²) in [5.74, 6) is -2.92. The lowest BCUT2D eigenvalue weighted by Crippen LogP contribution is -2.19. The molecular formula is C12H12F3N3. The molecule has 0 aliphatic heterocycles. The third-order valence-electron chi connectivity index (χ3n) is 2.57. The van der Waals surface area contributed by atoms with Gasteiger partial charge in [0.1, 0.15) is 5.82 Å². The number of nitrogens with one attached hydrogen (secondary N) is 1. The van der Waals surface area contributed by atoms with E-state index in [0.717, 1.165) is 17.8 Å². The summed E-state index contributed by atoms with van der Waals surface area (Å²) in [7, 11) is 1.69. The molecule has 0 aliphatic carbocycles. The van der Waals surface area contributed by atoms with E-state index in [1.165, 1.54) is 0 Å². The Labute approximate surface area is 102 Å². The monoisotopic (exact) mass is 255 g/mol. The summed E-state index contributed by atoms with van der Waals surface area (Å²) < 4.78 is 39.9. The molecule has 0 radical (unpaired) electrons. The van der Waals surface area contributed by atoms with Gasteiger partial charge in [0.15, 0.2) is 11.6 Å². The molecule has 1 aromatic carbocycles. The number of hydrogen-bond donors (Lipinski definition) is 1. The van der Waals surface area contributed by atoms with Gasteiger partial charge in [-0.1, -0.05) is 0 Å². The van der Waals surface area contributed by atoms with Crippen LogP contribution in [0, 0.1) is 17.5 Å². The van der Waals surface area contributed by atoms with Crippen molar-refractivity contribution in [2.24, 2.45) is 0 Å². The Balaban J connectivity index is 2.11. The van der Waals surface area contributed by atoms with E-state index < -0.39 is 17.5 Å². The van der Waals surface area contributed by atoms with Gasteiger partial charge in [-0.2, -0.15) is 5.10 Å². The molecule has 2 rings (SSSR count). The van der Waals surface area contributed by atoms with Crippen LogP contribution in [0.25, 0.3) is 0 Å². The maximum atomic E-state index is 13.4. The van der Waals surface area contributed by atoms with Crippen molar-refractivity contribution in [2.75, 3.05) is 7.05 Å². The summed E-state index contributed by atoms with van der Waals surface area (Å²) >= 11 is 0. The summed E-state index contributed by atoms with van der Waals surface area (Å²) in [6, 6.07) is 3.47. The van der Waals surface area contributed by atoms with Crippen LogP contribution in [0.4, 0.5) is 13.2 Å². The largest absolute Gasteiger partial charge is 0.296 e. The fourth-order valence-electron chi connectivity index (χ4n) is 1.70. The van der Waals surface area contributed by atoms with E-state index in [1.807, 2.05) is 0 Å². The lowest BCUT2D eigenvalue weighted by molar-refractivity contribution is 0.300. The first-order chi connectivity index (χ1) is 8.58. The van der Waals surface area contributed by atoms with E-state index >= 15 is 0 Å². The minimum absolute atomic E-state index is 0.0194. The average Bonchev–Trinajstić information content (AvgIpc) is 2.82. The average molecular weight is 255 g/mol. The predicted octanol–water partition coefficient (Wildman–Crippen LogP) is 2.46. The van der Waals surface area contributed by atoms with Crippen LogP contribution in [0.2, 0.25) is 0 Å². The van der Waals surface area contributed by atoms with Crippen molar-refractivity contribution in [1.82, 2.24) is 15.1 Å². The van der Waals surface area contributed by atoms with Crippen molar-refractivity contribution < 1.29 is 13.2 Å². The van der Waals surface area contributed by atoms with Crippen molar-refractivity contribution in [2.45, 2.75) is 13.1 Å². The van der Waals surface area contributed by atoms with Crippen molar-refractivity contribution in [3.8, 4) is 0 Å². The summed E-state index contributed by atoms with van der Waals surface area (Å²) in [6.07, 6.45) is 1.59. The Morgan fingerprint density at radius 3 is 2.50 bits per heavy atom. The van der Waals surface area contributed by atoms with E-state index in [-0.39, 0.29) is 12.1 Å².